The lowest BCUT2D eigenvalue weighted by molar-refractivity contribution is 0.169. The first-order valence-corrected chi connectivity index (χ1v) is 6.08. The van der Waals surface area contributed by atoms with Crippen LogP contribution in [0.3, 0.4) is 0 Å². The average Bonchev–Trinajstić information content (AvgIpc) is 2.31. The summed E-state index contributed by atoms with van der Waals surface area (Å²) in [6.45, 7) is 3.46. The molecule has 1 aliphatic rings. The summed E-state index contributed by atoms with van der Waals surface area (Å²) in [7, 11) is 0. The molecule has 1 aromatic rings. The fraction of sp³-hybridized carbons (Fsp3) is 0.467. The minimum absolute atomic E-state index is 0.711. The highest BCUT2D eigenvalue weighted by Gasteiger charge is 2.18. The maximum atomic E-state index is 5.39. The highest BCUT2D eigenvalue weighted by Crippen LogP contribution is 2.20. The summed E-state index contributed by atoms with van der Waals surface area (Å²) in [4.78, 5) is 2.53. The van der Waals surface area contributed by atoms with Gasteiger partial charge < -0.3 is 0 Å². The lowest BCUT2D eigenvalue weighted by Gasteiger charge is -2.31. The first kappa shape index (κ1) is 11.2. The molecule has 0 aliphatic carbocycles. The van der Waals surface area contributed by atoms with Gasteiger partial charge in [0.05, 0.1) is 0 Å². The first-order valence-electron chi connectivity index (χ1n) is 6.08. The van der Waals surface area contributed by atoms with Crippen molar-refractivity contribution >= 4 is 0 Å². The van der Waals surface area contributed by atoms with Crippen molar-refractivity contribution in [1.82, 2.24) is 4.90 Å². The Kier molecular flexibility index (Phi) is 4.02. The van der Waals surface area contributed by atoms with Crippen LogP contribution in [-0.2, 0) is 6.54 Å². The van der Waals surface area contributed by atoms with E-state index in [2.05, 4.69) is 41.2 Å². The molecule has 1 heteroatoms. The first-order chi connectivity index (χ1) is 7.88. The maximum absolute atomic E-state index is 5.39. The van der Waals surface area contributed by atoms with Gasteiger partial charge >= 0.3 is 0 Å². The Hall–Kier alpha value is -1.26. The topological polar surface area (TPSA) is 3.24 Å². The van der Waals surface area contributed by atoms with E-state index in [1.165, 1.54) is 31.5 Å². The number of likely N-dealkylation sites (tertiary alicyclic amines) is 1. The van der Waals surface area contributed by atoms with Crippen molar-refractivity contribution in [2.75, 3.05) is 13.1 Å². The molecule has 2 rings (SSSR count). The minimum atomic E-state index is 0.711. The average molecular weight is 213 g/mol. The zero-order chi connectivity index (χ0) is 11.2. The molecule has 1 saturated heterocycles. The van der Waals surface area contributed by atoms with Gasteiger partial charge in [-0.05, 0) is 30.9 Å². The van der Waals surface area contributed by atoms with Gasteiger partial charge in [-0.2, -0.15) is 0 Å². The summed E-state index contributed by atoms with van der Waals surface area (Å²) in [6, 6.07) is 10.7. The van der Waals surface area contributed by atoms with Gasteiger partial charge in [-0.3, -0.25) is 4.90 Å². The number of hydrogen-bond donors (Lipinski definition) is 0. The van der Waals surface area contributed by atoms with Crippen molar-refractivity contribution in [3.63, 3.8) is 0 Å². The van der Waals surface area contributed by atoms with Gasteiger partial charge in [-0.25, -0.2) is 0 Å². The Balaban J connectivity index is 1.88. The van der Waals surface area contributed by atoms with E-state index < -0.39 is 0 Å². The molecular formula is C15H19N. The van der Waals surface area contributed by atoms with Gasteiger partial charge in [-0.15, -0.1) is 12.3 Å². The molecule has 0 spiro atoms. The number of rotatable bonds is 3. The molecule has 1 aliphatic heterocycles. The van der Waals surface area contributed by atoms with E-state index in [1.54, 1.807) is 0 Å². The molecule has 0 saturated carbocycles. The van der Waals surface area contributed by atoms with Crippen LogP contribution in [0.2, 0.25) is 0 Å². The number of benzene rings is 1. The summed E-state index contributed by atoms with van der Waals surface area (Å²) in [6.07, 6.45) is 8.92. The summed E-state index contributed by atoms with van der Waals surface area (Å²) in [5, 5.41) is 0. The van der Waals surface area contributed by atoms with Gasteiger partial charge in [0.25, 0.3) is 0 Å². The predicted octanol–water partition coefficient (Wildman–Crippen LogP) is 2.92. The summed E-state index contributed by atoms with van der Waals surface area (Å²) in [5.74, 6) is 3.51. The minimum Gasteiger partial charge on any atom is -0.299 e. The van der Waals surface area contributed by atoms with E-state index in [-0.39, 0.29) is 0 Å². The Morgan fingerprint density at radius 2 is 2.12 bits per heavy atom. The van der Waals surface area contributed by atoms with Crippen molar-refractivity contribution in [3.05, 3.63) is 35.9 Å². The van der Waals surface area contributed by atoms with Crippen molar-refractivity contribution in [2.45, 2.75) is 25.8 Å². The highest BCUT2D eigenvalue weighted by molar-refractivity contribution is 5.14. The SMILES string of the molecule is C#CCC1CCCN(Cc2ccccc2)C1. The van der Waals surface area contributed by atoms with E-state index >= 15 is 0 Å². The van der Waals surface area contributed by atoms with Crippen LogP contribution < -0.4 is 0 Å². The Morgan fingerprint density at radius 1 is 1.31 bits per heavy atom. The Morgan fingerprint density at radius 3 is 2.88 bits per heavy atom. The van der Waals surface area contributed by atoms with Crippen LogP contribution in [0.1, 0.15) is 24.8 Å². The third-order valence-corrected chi connectivity index (χ3v) is 3.26. The van der Waals surface area contributed by atoms with E-state index in [9.17, 15) is 0 Å². The van der Waals surface area contributed by atoms with Crippen LogP contribution in [0.25, 0.3) is 0 Å². The van der Waals surface area contributed by atoms with Crippen LogP contribution in [-0.4, -0.2) is 18.0 Å². The zero-order valence-electron chi connectivity index (χ0n) is 9.73. The van der Waals surface area contributed by atoms with Crippen molar-refractivity contribution in [3.8, 4) is 12.3 Å². The van der Waals surface area contributed by atoms with E-state index in [4.69, 9.17) is 6.42 Å². The summed E-state index contributed by atoms with van der Waals surface area (Å²) < 4.78 is 0. The van der Waals surface area contributed by atoms with Crippen LogP contribution in [0.5, 0.6) is 0 Å². The molecule has 1 atom stereocenters. The molecule has 0 bridgehead atoms. The fourth-order valence-electron chi connectivity index (χ4n) is 2.47. The second-order valence-electron chi connectivity index (χ2n) is 4.64. The fourth-order valence-corrected chi connectivity index (χ4v) is 2.47. The smallest absolute Gasteiger partial charge is 0.0233 e. The number of piperidine rings is 1. The van der Waals surface area contributed by atoms with Crippen molar-refractivity contribution in [2.24, 2.45) is 5.92 Å². The highest BCUT2D eigenvalue weighted by atomic mass is 15.1. The molecular weight excluding hydrogens is 194 g/mol. The second-order valence-corrected chi connectivity index (χ2v) is 4.64. The van der Waals surface area contributed by atoms with Crippen molar-refractivity contribution < 1.29 is 0 Å². The summed E-state index contributed by atoms with van der Waals surface area (Å²) >= 11 is 0. The number of hydrogen-bond acceptors (Lipinski definition) is 1. The largest absolute Gasteiger partial charge is 0.299 e. The molecule has 0 radical (unpaired) electrons. The molecule has 16 heavy (non-hydrogen) atoms. The third-order valence-electron chi connectivity index (χ3n) is 3.26. The van der Waals surface area contributed by atoms with Crippen LogP contribution in [0.4, 0.5) is 0 Å². The third kappa shape index (κ3) is 3.12. The molecule has 1 nitrogen and oxygen atoms in total. The molecule has 1 unspecified atom stereocenters. The van der Waals surface area contributed by atoms with E-state index in [0.717, 1.165) is 13.0 Å². The van der Waals surface area contributed by atoms with Gasteiger partial charge in [0.1, 0.15) is 0 Å². The molecule has 84 valence electrons. The van der Waals surface area contributed by atoms with E-state index in [0.29, 0.717) is 5.92 Å². The van der Waals surface area contributed by atoms with E-state index in [1.807, 2.05) is 0 Å². The normalized spacial score (nSPS) is 21.6. The predicted molar refractivity (Wildman–Crippen MR) is 67.9 cm³/mol. The molecule has 0 aromatic heterocycles. The van der Waals surface area contributed by atoms with Crippen LogP contribution >= 0.6 is 0 Å². The summed E-state index contributed by atoms with van der Waals surface area (Å²) in [5.41, 5.74) is 1.41. The second kappa shape index (κ2) is 5.72. The number of terminal acetylenes is 1. The monoisotopic (exact) mass is 213 g/mol. The zero-order valence-corrected chi connectivity index (χ0v) is 9.73. The lowest BCUT2D eigenvalue weighted by atomic mass is 9.95. The van der Waals surface area contributed by atoms with Gasteiger partial charge in [-0.1, -0.05) is 30.3 Å². The number of nitrogens with zero attached hydrogens (tertiary/aromatic N) is 1. The van der Waals surface area contributed by atoms with Crippen molar-refractivity contribution in [1.29, 1.82) is 0 Å². The standard InChI is InChI=1S/C15H19N/c1-2-7-14-10-6-11-16(12-14)13-15-8-4-3-5-9-15/h1,3-5,8-9,14H,6-7,10-13H2. The molecule has 1 aromatic carbocycles. The lowest BCUT2D eigenvalue weighted by Crippen LogP contribution is -2.34. The van der Waals surface area contributed by atoms with Crippen LogP contribution in [0.15, 0.2) is 30.3 Å². The van der Waals surface area contributed by atoms with Gasteiger partial charge in [0, 0.05) is 19.5 Å². The molecule has 1 fully saturated rings. The molecule has 0 N–H and O–H groups in total. The quantitative estimate of drug-likeness (QED) is 0.698. The maximum Gasteiger partial charge on any atom is 0.0233 e. The van der Waals surface area contributed by atoms with Gasteiger partial charge in [0.15, 0.2) is 0 Å². The van der Waals surface area contributed by atoms with Gasteiger partial charge in [0.2, 0.25) is 0 Å². The molecule has 1 heterocycles. The Bertz CT molecular complexity index is 349. The Labute approximate surface area is 98.5 Å². The van der Waals surface area contributed by atoms with Crippen LogP contribution in [0, 0.1) is 18.3 Å². The molecule has 0 amide bonds.